The maximum Gasteiger partial charge on any atom is 0.195 e. The van der Waals surface area contributed by atoms with Crippen molar-refractivity contribution in [2.75, 3.05) is 0 Å². The van der Waals surface area contributed by atoms with Crippen molar-refractivity contribution in [1.82, 2.24) is 4.98 Å². The van der Waals surface area contributed by atoms with Gasteiger partial charge in [-0.3, -0.25) is 9.78 Å². The number of aliphatic hydroxyl groups excluding tert-OH is 1. The highest BCUT2D eigenvalue weighted by atomic mass is 16.3. The quantitative estimate of drug-likeness (QED) is 0.738. The van der Waals surface area contributed by atoms with E-state index < -0.39 is 6.10 Å². The number of ketones is 1. The van der Waals surface area contributed by atoms with Gasteiger partial charge in [0.15, 0.2) is 5.78 Å². The van der Waals surface area contributed by atoms with Crippen LogP contribution >= 0.6 is 0 Å². The van der Waals surface area contributed by atoms with Crippen LogP contribution in [0.2, 0.25) is 0 Å². The molecule has 0 aliphatic rings. The lowest BCUT2D eigenvalue weighted by molar-refractivity contribution is 0.0747. The smallest absolute Gasteiger partial charge is 0.195 e. The van der Waals surface area contributed by atoms with Crippen LogP contribution in [0.5, 0.6) is 0 Å². The van der Waals surface area contributed by atoms with Crippen molar-refractivity contribution < 1.29 is 9.90 Å². The van der Waals surface area contributed by atoms with Crippen molar-refractivity contribution in [2.45, 2.75) is 6.10 Å². The fourth-order valence-corrected chi connectivity index (χ4v) is 2.17. The van der Waals surface area contributed by atoms with E-state index in [-0.39, 0.29) is 5.78 Å². The molecule has 0 amide bonds. The number of hydrogen-bond donors (Lipinski definition) is 1. The summed E-state index contributed by atoms with van der Waals surface area (Å²) in [6.45, 7) is 0. The Hall–Kier alpha value is -2.52. The molecule has 1 aromatic heterocycles. The third-order valence-electron chi connectivity index (χ3n) is 3.25. The number of nitrogens with zero attached hydrogens (tertiary/aromatic N) is 1. The number of pyridine rings is 1. The highest BCUT2D eigenvalue weighted by molar-refractivity contribution is 6.02. The highest BCUT2D eigenvalue weighted by Gasteiger charge is 2.19. The number of benzene rings is 2. The maximum absolute atomic E-state index is 12.3. The molecule has 2 aromatic carbocycles. The average molecular weight is 263 g/mol. The Morgan fingerprint density at radius 2 is 1.80 bits per heavy atom. The molecule has 1 N–H and O–H groups in total. The minimum atomic E-state index is -1.13. The van der Waals surface area contributed by atoms with Crippen molar-refractivity contribution >= 4 is 16.7 Å². The van der Waals surface area contributed by atoms with Crippen molar-refractivity contribution in [3.05, 3.63) is 78.0 Å². The maximum atomic E-state index is 12.3. The summed E-state index contributed by atoms with van der Waals surface area (Å²) in [4.78, 5) is 16.5. The van der Waals surface area contributed by atoms with Gasteiger partial charge in [0.2, 0.25) is 0 Å². The topological polar surface area (TPSA) is 50.2 Å². The first-order valence-electron chi connectivity index (χ1n) is 6.38. The Kier molecular flexibility index (Phi) is 3.27. The first-order chi connectivity index (χ1) is 9.75. The minimum Gasteiger partial charge on any atom is -0.380 e. The summed E-state index contributed by atoms with van der Waals surface area (Å²) in [6, 6.07) is 17.9. The van der Waals surface area contributed by atoms with Gasteiger partial charge in [0.25, 0.3) is 0 Å². The van der Waals surface area contributed by atoms with Gasteiger partial charge >= 0.3 is 0 Å². The summed E-state index contributed by atoms with van der Waals surface area (Å²) in [5.74, 6) is -0.304. The van der Waals surface area contributed by atoms with E-state index in [4.69, 9.17) is 0 Å². The third-order valence-corrected chi connectivity index (χ3v) is 3.25. The molecule has 0 saturated carbocycles. The molecule has 0 aliphatic carbocycles. The summed E-state index contributed by atoms with van der Waals surface area (Å²) in [6.07, 6.45) is 0.577. The van der Waals surface area contributed by atoms with Gasteiger partial charge in [-0.2, -0.15) is 0 Å². The molecular formula is C17H13NO2. The Bertz CT molecular complexity index is 753. The van der Waals surface area contributed by atoms with E-state index in [1.54, 1.807) is 48.7 Å². The largest absolute Gasteiger partial charge is 0.380 e. The molecule has 3 aromatic rings. The van der Waals surface area contributed by atoms with E-state index in [0.717, 1.165) is 10.9 Å². The van der Waals surface area contributed by atoms with Crippen LogP contribution in [0.15, 0.2) is 66.9 Å². The first kappa shape index (κ1) is 12.5. The predicted molar refractivity (Wildman–Crippen MR) is 77.5 cm³/mol. The molecule has 3 heteroatoms. The normalized spacial score (nSPS) is 12.2. The molecule has 1 heterocycles. The van der Waals surface area contributed by atoms with Crippen LogP contribution in [0.25, 0.3) is 10.9 Å². The number of carbonyl (C=O) groups excluding carboxylic acids is 1. The molecule has 3 nitrogen and oxygen atoms in total. The zero-order valence-corrected chi connectivity index (χ0v) is 10.7. The van der Waals surface area contributed by atoms with Crippen LogP contribution in [0.4, 0.5) is 0 Å². The van der Waals surface area contributed by atoms with E-state index in [0.29, 0.717) is 11.1 Å². The molecule has 0 bridgehead atoms. The second kappa shape index (κ2) is 5.23. The van der Waals surface area contributed by atoms with Crippen molar-refractivity contribution in [1.29, 1.82) is 0 Å². The van der Waals surface area contributed by atoms with Gasteiger partial charge in [0.1, 0.15) is 6.10 Å². The number of fused-ring (bicyclic) bond motifs is 1. The number of Topliss-reactive ketones (excluding diaryl/α,β-unsaturated/α-hetero) is 1. The van der Waals surface area contributed by atoms with Gasteiger partial charge in [0.05, 0.1) is 5.52 Å². The first-order valence-corrected chi connectivity index (χ1v) is 6.38. The molecule has 3 rings (SSSR count). The van der Waals surface area contributed by atoms with Crippen LogP contribution < -0.4 is 0 Å². The third kappa shape index (κ3) is 2.31. The predicted octanol–water partition coefficient (Wildman–Crippen LogP) is 3.15. The van der Waals surface area contributed by atoms with Gasteiger partial charge in [-0.1, -0.05) is 36.4 Å². The van der Waals surface area contributed by atoms with Crippen LogP contribution in [-0.2, 0) is 0 Å². The number of rotatable bonds is 3. The van der Waals surface area contributed by atoms with E-state index in [1.165, 1.54) is 0 Å². The summed E-state index contributed by atoms with van der Waals surface area (Å²) in [5.41, 5.74) is 1.92. The number of aliphatic hydroxyl groups is 1. The van der Waals surface area contributed by atoms with Crippen LogP contribution in [0, 0.1) is 0 Å². The van der Waals surface area contributed by atoms with Crippen molar-refractivity contribution in [2.24, 2.45) is 0 Å². The lowest BCUT2D eigenvalue weighted by Crippen LogP contribution is -2.12. The molecule has 98 valence electrons. The Morgan fingerprint density at radius 3 is 2.60 bits per heavy atom. The Morgan fingerprint density at radius 1 is 1.00 bits per heavy atom. The molecule has 0 radical (unpaired) electrons. The van der Waals surface area contributed by atoms with E-state index >= 15 is 0 Å². The fraction of sp³-hybridized carbons (Fsp3) is 0.0588. The molecule has 0 aliphatic heterocycles. The fourth-order valence-electron chi connectivity index (χ4n) is 2.17. The van der Waals surface area contributed by atoms with E-state index in [2.05, 4.69) is 4.98 Å². The highest BCUT2D eigenvalue weighted by Crippen LogP contribution is 2.20. The Balaban J connectivity index is 1.96. The second-order valence-electron chi connectivity index (χ2n) is 4.59. The summed E-state index contributed by atoms with van der Waals surface area (Å²) in [5, 5.41) is 11.0. The summed E-state index contributed by atoms with van der Waals surface area (Å²) >= 11 is 0. The lowest BCUT2D eigenvalue weighted by atomic mass is 9.99. The number of hydrogen-bond acceptors (Lipinski definition) is 3. The zero-order chi connectivity index (χ0) is 13.9. The van der Waals surface area contributed by atoms with Crippen LogP contribution in [0.1, 0.15) is 22.0 Å². The van der Waals surface area contributed by atoms with Crippen molar-refractivity contribution in [3.8, 4) is 0 Å². The molecule has 0 saturated heterocycles. The lowest BCUT2D eigenvalue weighted by Gasteiger charge is -2.10. The van der Waals surface area contributed by atoms with E-state index in [9.17, 15) is 9.90 Å². The van der Waals surface area contributed by atoms with Gasteiger partial charge in [-0.25, -0.2) is 0 Å². The molecule has 20 heavy (non-hydrogen) atoms. The number of carbonyl (C=O) groups is 1. The molecule has 0 fully saturated rings. The summed E-state index contributed by atoms with van der Waals surface area (Å²) in [7, 11) is 0. The SMILES string of the molecule is O=C(c1ccc2ncccc2c1)C(O)c1ccccc1. The van der Waals surface area contributed by atoms with E-state index in [1.807, 2.05) is 18.2 Å². The Labute approximate surface area is 116 Å². The van der Waals surface area contributed by atoms with Gasteiger partial charge in [0, 0.05) is 17.1 Å². The van der Waals surface area contributed by atoms with Gasteiger partial charge < -0.3 is 5.11 Å². The second-order valence-corrected chi connectivity index (χ2v) is 4.59. The standard InChI is InChI=1S/C17H13NO2/c19-16(12-5-2-1-3-6-12)17(20)14-8-9-15-13(11-14)7-4-10-18-15/h1-11,16,19H. The monoisotopic (exact) mass is 263 g/mol. The van der Waals surface area contributed by atoms with Crippen LogP contribution in [0.3, 0.4) is 0 Å². The van der Waals surface area contributed by atoms with Crippen LogP contribution in [-0.4, -0.2) is 15.9 Å². The van der Waals surface area contributed by atoms with Gasteiger partial charge in [-0.15, -0.1) is 0 Å². The molecule has 0 spiro atoms. The summed E-state index contributed by atoms with van der Waals surface area (Å²) < 4.78 is 0. The molecular weight excluding hydrogens is 250 g/mol. The molecule has 1 unspecified atom stereocenters. The average Bonchev–Trinajstić information content (AvgIpc) is 2.54. The van der Waals surface area contributed by atoms with Gasteiger partial charge in [-0.05, 0) is 29.8 Å². The zero-order valence-electron chi connectivity index (χ0n) is 10.7. The minimum absolute atomic E-state index is 0.304. The number of aromatic nitrogens is 1. The molecule has 1 atom stereocenters. The van der Waals surface area contributed by atoms with Crippen molar-refractivity contribution in [3.63, 3.8) is 0 Å².